The number of nitrogens with one attached hydrogen (secondary N) is 3. The summed E-state index contributed by atoms with van der Waals surface area (Å²) >= 11 is 0. The van der Waals surface area contributed by atoms with Crippen LogP contribution in [0.2, 0.25) is 0 Å². The molecule has 0 amide bonds. The predicted octanol–water partition coefficient (Wildman–Crippen LogP) is 3.00. The van der Waals surface area contributed by atoms with E-state index < -0.39 is 0 Å². The number of para-hydroxylation sites is 1. The number of rotatable bonds is 8. The lowest BCUT2D eigenvalue weighted by Crippen LogP contribution is -2.36. The highest BCUT2D eigenvalue weighted by Crippen LogP contribution is 2.35. The Morgan fingerprint density at radius 3 is 2.81 bits per heavy atom. The maximum Gasteiger partial charge on any atom is 0.191 e. The van der Waals surface area contributed by atoms with Crippen LogP contribution in [0.4, 0.5) is 0 Å². The molecule has 0 aliphatic heterocycles. The summed E-state index contributed by atoms with van der Waals surface area (Å²) in [6.07, 6.45) is 6.69. The minimum atomic E-state index is 0.274. The summed E-state index contributed by atoms with van der Waals surface area (Å²) in [5, 5.41) is 13.5. The van der Waals surface area contributed by atoms with Gasteiger partial charge in [-0.25, -0.2) is 4.99 Å². The number of H-pyrrole nitrogens is 1. The van der Waals surface area contributed by atoms with Crippen molar-refractivity contribution in [3.05, 3.63) is 41.7 Å². The van der Waals surface area contributed by atoms with E-state index in [1.165, 1.54) is 12.8 Å². The summed E-state index contributed by atoms with van der Waals surface area (Å²) < 4.78 is 11.8. The standard InChI is InChI=1S/C20H29N5O2/c1-3-21-20(23-14-16-11-12-24-25-16)22-13-15-7-6-10-18(26-2)19(15)27-17-8-4-5-9-17/h6-7,10-12,17H,3-5,8-9,13-14H2,1-2H3,(H,24,25)(H2,21,22,23). The molecule has 0 spiro atoms. The molecule has 1 aromatic heterocycles. The summed E-state index contributed by atoms with van der Waals surface area (Å²) in [4.78, 5) is 4.72. The summed E-state index contributed by atoms with van der Waals surface area (Å²) in [7, 11) is 1.68. The van der Waals surface area contributed by atoms with Gasteiger partial charge in [-0.1, -0.05) is 12.1 Å². The number of benzene rings is 1. The molecule has 1 aliphatic carbocycles. The van der Waals surface area contributed by atoms with E-state index in [1.54, 1.807) is 13.3 Å². The van der Waals surface area contributed by atoms with Crippen LogP contribution < -0.4 is 20.1 Å². The van der Waals surface area contributed by atoms with Gasteiger partial charge in [0.25, 0.3) is 0 Å². The molecule has 7 heteroatoms. The fraction of sp³-hybridized carbons (Fsp3) is 0.500. The highest BCUT2D eigenvalue weighted by Gasteiger charge is 2.20. The highest BCUT2D eigenvalue weighted by atomic mass is 16.5. The fourth-order valence-corrected chi connectivity index (χ4v) is 3.22. The molecule has 1 aromatic carbocycles. The normalized spacial score (nSPS) is 15.0. The molecule has 27 heavy (non-hydrogen) atoms. The first-order chi connectivity index (χ1) is 13.3. The van der Waals surface area contributed by atoms with Crippen LogP contribution in [0.15, 0.2) is 35.5 Å². The van der Waals surface area contributed by atoms with Gasteiger partial charge in [-0.3, -0.25) is 5.10 Å². The van der Waals surface area contributed by atoms with Crippen LogP contribution in [-0.2, 0) is 13.1 Å². The second kappa shape index (κ2) is 9.85. The first-order valence-electron chi connectivity index (χ1n) is 9.63. The number of aromatic amines is 1. The van der Waals surface area contributed by atoms with Gasteiger partial charge in [-0.2, -0.15) is 5.10 Å². The van der Waals surface area contributed by atoms with Crippen molar-refractivity contribution >= 4 is 5.96 Å². The molecular formula is C20H29N5O2. The van der Waals surface area contributed by atoms with E-state index in [0.717, 1.165) is 48.1 Å². The molecule has 0 atom stereocenters. The van der Waals surface area contributed by atoms with Gasteiger partial charge in [-0.05, 0) is 44.7 Å². The number of hydrogen-bond donors (Lipinski definition) is 3. The lowest BCUT2D eigenvalue weighted by atomic mass is 10.1. The molecule has 146 valence electrons. The van der Waals surface area contributed by atoms with Crippen LogP contribution in [-0.4, -0.2) is 35.9 Å². The second-order valence-electron chi connectivity index (χ2n) is 6.60. The van der Waals surface area contributed by atoms with Gasteiger partial charge in [0.1, 0.15) is 0 Å². The number of methoxy groups -OCH3 is 1. The van der Waals surface area contributed by atoms with Gasteiger partial charge >= 0.3 is 0 Å². The van der Waals surface area contributed by atoms with Gasteiger partial charge < -0.3 is 20.1 Å². The Balaban J connectivity index is 1.72. The predicted molar refractivity (Wildman–Crippen MR) is 106 cm³/mol. The molecule has 3 rings (SSSR count). The van der Waals surface area contributed by atoms with Crippen molar-refractivity contribution in [3.63, 3.8) is 0 Å². The molecule has 0 bridgehead atoms. The maximum absolute atomic E-state index is 6.29. The Bertz CT molecular complexity index is 724. The number of ether oxygens (including phenoxy) is 2. The quantitative estimate of drug-likeness (QED) is 0.491. The van der Waals surface area contributed by atoms with E-state index >= 15 is 0 Å². The van der Waals surface area contributed by atoms with Crippen LogP contribution in [0.1, 0.15) is 43.9 Å². The molecule has 2 aromatic rings. The second-order valence-corrected chi connectivity index (χ2v) is 6.60. The molecule has 0 saturated heterocycles. The molecular weight excluding hydrogens is 342 g/mol. The minimum absolute atomic E-state index is 0.274. The van der Waals surface area contributed by atoms with Crippen LogP contribution >= 0.6 is 0 Å². The van der Waals surface area contributed by atoms with Gasteiger partial charge in [0.15, 0.2) is 17.5 Å². The summed E-state index contributed by atoms with van der Waals surface area (Å²) in [5.41, 5.74) is 2.03. The lowest BCUT2D eigenvalue weighted by Gasteiger charge is -2.19. The SMILES string of the molecule is CCNC(=NCc1cccc(OC)c1OC1CCCC1)NCc1ccn[nH]1. The monoisotopic (exact) mass is 371 g/mol. The molecule has 7 nitrogen and oxygen atoms in total. The van der Waals surface area contributed by atoms with Crippen molar-refractivity contribution in [3.8, 4) is 11.5 Å². The third kappa shape index (κ3) is 5.39. The first kappa shape index (κ1) is 19.1. The van der Waals surface area contributed by atoms with Crippen molar-refractivity contribution in [2.45, 2.75) is 51.8 Å². The zero-order valence-electron chi connectivity index (χ0n) is 16.1. The number of aromatic nitrogens is 2. The van der Waals surface area contributed by atoms with Crippen molar-refractivity contribution in [1.82, 2.24) is 20.8 Å². The van der Waals surface area contributed by atoms with Gasteiger partial charge in [0.2, 0.25) is 0 Å². The molecule has 1 saturated carbocycles. The Hall–Kier alpha value is -2.70. The van der Waals surface area contributed by atoms with Gasteiger partial charge in [0, 0.05) is 18.3 Å². The van der Waals surface area contributed by atoms with Crippen LogP contribution in [0.25, 0.3) is 0 Å². The molecule has 1 aliphatic rings. The zero-order chi connectivity index (χ0) is 18.9. The van der Waals surface area contributed by atoms with E-state index in [-0.39, 0.29) is 6.10 Å². The van der Waals surface area contributed by atoms with E-state index in [0.29, 0.717) is 13.1 Å². The maximum atomic E-state index is 6.29. The average Bonchev–Trinajstić information content (AvgIpc) is 3.39. The Labute approximate surface area is 160 Å². The van der Waals surface area contributed by atoms with Crippen molar-refractivity contribution in [2.24, 2.45) is 4.99 Å². The molecule has 3 N–H and O–H groups in total. The third-order valence-electron chi connectivity index (χ3n) is 4.62. The summed E-state index contributed by atoms with van der Waals surface area (Å²) in [5.74, 6) is 2.34. The van der Waals surface area contributed by atoms with Crippen LogP contribution in [0, 0.1) is 0 Å². The number of aliphatic imine (C=N–C) groups is 1. The highest BCUT2D eigenvalue weighted by molar-refractivity contribution is 5.79. The molecule has 1 heterocycles. The first-order valence-corrected chi connectivity index (χ1v) is 9.63. The van der Waals surface area contributed by atoms with E-state index in [4.69, 9.17) is 14.5 Å². The molecule has 0 radical (unpaired) electrons. The van der Waals surface area contributed by atoms with E-state index in [1.807, 2.05) is 25.1 Å². The Morgan fingerprint density at radius 2 is 2.11 bits per heavy atom. The average molecular weight is 371 g/mol. The topological polar surface area (TPSA) is 83.6 Å². The van der Waals surface area contributed by atoms with E-state index in [2.05, 4.69) is 26.9 Å². The van der Waals surface area contributed by atoms with Crippen molar-refractivity contribution in [1.29, 1.82) is 0 Å². The zero-order valence-corrected chi connectivity index (χ0v) is 16.1. The lowest BCUT2D eigenvalue weighted by molar-refractivity contribution is 0.198. The Morgan fingerprint density at radius 1 is 1.26 bits per heavy atom. The minimum Gasteiger partial charge on any atom is -0.493 e. The summed E-state index contributed by atoms with van der Waals surface area (Å²) in [6, 6.07) is 7.91. The number of guanidine groups is 1. The number of hydrogen-bond acceptors (Lipinski definition) is 4. The van der Waals surface area contributed by atoms with Crippen LogP contribution in [0.3, 0.4) is 0 Å². The largest absolute Gasteiger partial charge is 0.493 e. The molecule has 1 fully saturated rings. The smallest absolute Gasteiger partial charge is 0.191 e. The van der Waals surface area contributed by atoms with Gasteiger partial charge in [-0.15, -0.1) is 0 Å². The molecule has 0 unspecified atom stereocenters. The van der Waals surface area contributed by atoms with E-state index in [9.17, 15) is 0 Å². The third-order valence-corrected chi connectivity index (χ3v) is 4.62. The Kier molecular flexibility index (Phi) is 6.96. The van der Waals surface area contributed by atoms with Gasteiger partial charge in [0.05, 0.1) is 32.0 Å². The summed E-state index contributed by atoms with van der Waals surface area (Å²) in [6.45, 7) is 3.98. The van der Waals surface area contributed by atoms with Crippen molar-refractivity contribution < 1.29 is 9.47 Å². The van der Waals surface area contributed by atoms with Crippen LogP contribution in [0.5, 0.6) is 11.5 Å². The van der Waals surface area contributed by atoms with Crippen molar-refractivity contribution in [2.75, 3.05) is 13.7 Å². The number of nitrogens with zero attached hydrogens (tertiary/aromatic N) is 2. The fourth-order valence-electron chi connectivity index (χ4n) is 3.22.